The standard InChI is InChI=1S/C11H16/c1-4-9-11(2,3)10-7-5-6-8-10/h4-7H,1,8-9H2,2-3H3. The predicted octanol–water partition coefficient (Wildman–Crippen LogP) is 3.48. The molecule has 0 radical (unpaired) electrons. The third kappa shape index (κ3) is 1.83. The van der Waals surface area contributed by atoms with E-state index in [4.69, 9.17) is 0 Å². The molecule has 11 heavy (non-hydrogen) atoms. The molecule has 1 rings (SSSR count). The second-order valence-electron chi connectivity index (χ2n) is 3.70. The van der Waals surface area contributed by atoms with Crippen molar-refractivity contribution >= 4 is 0 Å². The van der Waals surface area contributed by atoms with E-state index in [1.165, 1.54) is 5.57 Å². The quantitative estimate of drug-likeness (QED) is 0.537. The van der Waals surface area contributed by atoms with Crippen molar-refractivity contribution < 1.29 is 0 Å². The zero-order valence-corrected chi connectivity index (χ0v) is 7.43. The van der Waals surface area contributed by atoms with Crippen LogP contribution < -0.4 is 0 Å². The Morgan fingerprint density at radius 2 is 2.36 bits per heavy atom. The van der Waals surface area contributed by atoms with E-state index in [1.54, 1.807) is 0 Å². The van der Waals surface area contributed by atoms with Crippen molar-refractivity contribution in [2.75, 3.05) is 0 Å². The van der Waals surface area contributed by atoms with Crippen LogP contribution in [-0.4, -0.2) is 0 Å². The van der Waals surface area contributed by atoms with E-state index in [0.29, 0.717) is 5.41 Å². The maximum atomic E-state index is 3.77. The summed E-state index contributed by atoms with van der Waals surface area (Å²) in [5, 5.41) is 0. The van der Waals surface area contributed by atoms with Crippen molar-refractivity contribution in [2.45, 2.75) is 26.7 Å². The summed E-state index contributed by atoms with van der Waals surface area (Å²) in [5.41, 5.74) is 1.84. The molecule has 0 aromatic carbocycles. The maximum Gasteiger partial charge on any atom is -0.0104 e. The van der Waals surface area contributed by atoms with Crippen LogP contribution in [0.5, 0.6) is 0 Å². The lowest BCUT2D eigenvalue weighted by atomic mass is 9.80. The molecule has 0 aliphatic heterocycles. The molecule has 0 unspecified atom stereocenters. The fraction of sp³-hybridized carbons (Fsp3) is 0.455. The van der Waals surface area contributed by atoms with Gasteiger partial charge in [-0.05, 0) is 18.3 Å². The van der Waals surface area contributed by atoms with Crippen molar-refractivity contribution in [2.24, 2.45) is 5.41 Å². The molecular weight excluding hydrogens is 132 g/mol. The molecule has 1 aliphatic carbocycles. The number of hydrogen-bond acceptors (Lipinski definition) is 0. The highest BCUT2D eigenvalue weighted by atomic mass is 14.3. The van der Waals surface area contributed by atoms with Crippen LogP contribution in [0.3, 0.4) is 0 Å². The van der Waals surface area contributed by atoms with Gasteiger partial charge in [0.15, 0.2) is 0 Å². The maximum absolute atomic E-state index is 3.77. The molecule has 0 aromatic rings. The van der Waals surface area contributed by atoms with E-state index in [0.717, 1.165) is 12.8 Å². The van der Waals surface area contributed by atoms with Gasteiger partial charge in [0.1, 0.15) is 0 Å². The van der Waals surface area contributed by atoms with Gasteiger partial charge >= 0.3 is 0 Å². The van der Waals surface area contributed by atoms with Crippen LogP contribution in [0.15, 0.2) is 36.5 Å². The Kier molecular flexibility index (Phi) is 2.33. The van der Waals surface area contributed by atoms with Gasteiger partial charge < -0.3 is 0 Å². The minimum atomic E-state index is 0.311. The Balaban J connectivity index is 2.64. The Bertz CT molecular complexity index is 204. The summed E-state index contributed by atoms with van der Waals surface area (Å²) < 4.78 is 0. The first-order valence-corrected chi connectivity index (χ1v) is 4.14. The average molecular weight is 148 g/mol. The van der Waals surface area contributed by atoms with Crippen LogP contribution in [0.2, 0.25) is 0 Å². The summed E-state index contributed by atoms with van der Waals surface area (Å²) in [5.74, 6) is 0. The summed E-state index contributed by atoms with van der Waals surface area (Å²) >= 11 is 0. The fourth-order valence-corrected chi connectivity index (χ4v) is 1.44. The third-order valence-corrected chi connectivity index (χ3v) is 2.30. The molecule has 0 N–H and O–H groups in total. The highest BCUT2D eigenvalue weighted by molar-refractivity contribution is 5.28. The Hall–Kier alpha value is -0.780. The van der Waals surface area contributed by atoms with Crippen LogP contribution >= 0.6 is 0 Å². The number of rotatable bonds is 3. The van der Waals surface area contributed by atoms with Crippen LogP contribution in [0.4, 0.5) is 0 Å². The molecule has 0 fully saturated rings. The summed E-state index contributed by atoms with van der Waals surface area (Å²) in [4.78, 5) is 0. The minimum absolute atomic E-state index is 0.311. The zero-order valence-electron chi connectivity index (χ0n) is 7.43. The van der Waals surface area contributed by atoms with Gasteiger partial charge in [0.2, 0.25) is 0 Å². The van der Waals surface area contributed by atoms with Crippen LogP contribution in [0.25, 0.3) is 0 Å². The topological polar surface area (TPSA) is 0 Å². The van der Waals surface area contributed by atoms with Crippen molar-refractivity contribution in [3.63, 3.8) is 0 Å². The van der Waals surface area contributed by atoms with Gasteiger partial charge in [0, 0.05) is 0 Å². The molecule has 0 heterocycles. The third-order valence-electron chi connectivity index (χ3n) is 2.30. The van der Waals surface area contributed by atoms with Gasteiger partial charge in [-0.1, -0.05) is 43.7 Å². The van der Waals surface area contributed by atoms with Gasteiger partial charge in [-0.2, -0.15) is 0 Å². The summed E-state index contributed by atoms with van der Waals surface area (Å²) in [6, 6.07) is 0. The molecule has 0 atom stereocenters. The van der Waals surface area contributed by atoms with E-state index < -0.39 is 0 Å². The van der Waals surface area contributed by atoms with E-state index in [1.807, 2.05) is 6.08 Å². The molecule has 0 heteroatoms. The van der Waals surface area contributed by atoms with Crippen LogP contribution in [-0.2, 0) is 0 Å². The molecule has 0 saturated carbocycles. The van der Waals surface area contributed by atoms with Gasteiger partial charge in [-0.25, -0.2) is 0 Å². The first kappa shape index (κ1) is 8.32. The highest BCUT2D eigenvalue weighted by Crippen LogP contribution is 2.34. The second-order valence-corrected chi connectivity index (χ2v) is 3.70. The van der Waals surface area contributed by atoms with Gasteiger partial charge in [0.25, 0.3) is 0 Å². The van der Waals surface area contributed by atoms with Crippen LogP contribution in [0.1, 0.15) is 26.7 Å². The average Bonchev–Trinajstić information content (AvgIpc) is 2.37. The van der Waals surface area contributed by atoms with Crippen molar-refractivity contribution in [3.05, 3.63) is 36.5 Å². The van der Waals surface area contributed by atoms with Gasteiger partial charge in [-0.15, -0.1) is 6.58 Å². The molecular formula is C11H16. The lowest BCUT2D eigenvalue weighted by Crippen LogP contribution is -2.12. The van der Waals surface area contributed by atoms with Crippen LogP contribution in [0, 0.1) is 5.41 Å². The van der Waals surface area contributed by atoms with Gasteiger partial charge in [0.05, 0.1) is 0 Å². The largest absolute Gasteiger partial charge is 0.103 e. The second kappa shape index (κ2) is 3.08. The molecule has 0 spiro atoms. The molecule has 0 amide bonds. The molecule has 60 valence electrons. The lowest BCUT2D eigenvalue weighted by molar-refractivity contribution is 0.447. The van der Waals surface area contributed by atoms with E-state index in [2.05, 4.69) is 38.7 Å². The number of hydrogen-bond donors (Lipinski definition) is 0. The Labute approximate surface area is 69.3 Å². The lowest BCUT2D eigenvalue weighted by Gasteiger charge is -2.24. The summed E-state index contributed by atoms with van der Waals surface area (Å²) in [6.45, 7) is 8.31. The number of allylic oxidation sites excluding steroid dienone is 5. The summed E-state index contributed by atoms with van der Waals surface area (Å²) in [7, 11) is 0. The first-order chi connectivity index (χ1) is 5.17. The normalized spacial score (nSPS) is 16.7. The molecule has 0 bridgehead atoms. The van der Waals surface area contributed by atoms with E-state index in [9.17, 15) is 0 Å². The predicted molar refractivity (Wildman–Crippen MR) is 50.4 cm³/mol. The summed E-state index contributed by atoms with van der Waals surface area (Å²) in [6.07, 6.45) is 10.8. The Morgan fingerprint density at radius 3 is 2.82 bits per heavy atom. The molecule has 0 aromatic heterocycles. The Morgan fingerprint density at radius 1 is 1.64 bits per heavy atom. The van der Waals surface area contributed by atoms with Gasteiger partial charge in [-0.3, -0.25) is 0 Å². The molecule has 0 nitrogen and oxygen atoms in total. The minimum Gasteiger partial charge on any atom is -0.103 e. The smallest absolute Gasteiger partial charge is 0.0104 e. The van der Waals surface area contributed by atoms with E-state index in [-0.39, 0.29) is 0 Å². The van der Waals surface area contributed by atoms with Crippen molar-refractivity contribution in [1.29, 1.82) is 0 Å². The first-order valence-electron chi connectivity index (χ1n) is 4.14. The highest BCUT2D eigenvalue weighted by Gasteiger charge is 2.21. The monoisotopic (exact) mass is 148 g/mol. The SMILES string of the molecule is C=CCC(C)(C)C1=CC=CC1. The van der Waals surface area contributed by atoms with Crippen molar-refractivity contribution in [1.82, 2.24) is 0 Å². The molecule has 1 aliphatic rings. The van der Waals surface area contributed by atoms with Crippen molar-refractivity contribution in [3.8, 4) is 0 Å². The molecule has 0 saturated heterocycles. The zero-order chi connectivity index (χ0) is 8.32. The van der Waals surface area contributed by atoms with E-state index >= 15 is 0 Å². The fourth-order valence-electron chi connectivity index (χ4n) is 1.44.